The second-order valence-corrected chi connectivity index (χ2v) is 6.84. The van der Waals surface area contributed by atoms with Crippen LogP contribution in [0.3, 0.4) is 0 Å². The molecule has 0 aromatic rings. The molecule has 5 heteroatoms. The lowest BCUT2D eigenvalue weighted by atomic mass is 9.49. The molecule has 0 aromatic carbocycles. The fourth-order valence-electron chi connectivity index (χ4n) is 5.18. The molecule has 2 amide bonds. The second kappa shape index (κ2) is 5.08. The molecule has 4 aliphatic carbocycles. The average Bonchev–Trinajstić information content (AvgIpc) is 2.39. The zero-order chi connectivity index (χ0) is 14.3. The molecule has 3 N–H and O–H groups in total. The normalized spacial score (nSPS) is 40.2. The van der Waals surface area contributed by atoms with Gasteiger partial charge >= 0.3 is 6.03 Å². The van der Waals surface area contributed by atoms with E-state index in [1.54, 1.807) is 0 Å². The quantitative estimate of drug-likeness (QED) is 0.610. The van der Waals surface area contributed by atoms with Gasteiger partial charge in [0.05, 0.1) is 17.7 Å². The molecule has 0 aliphatic heterocycles. The summed E-state index contributed by atoms with van der Waals surface area (Å²) in [6, 6.07) is 1.76. The van der Waals surface area contributed by atoms with Crippen molar-refractivity contribution in [3.05, 3.63) is 0 Å². The lowest BCUT2D eigenvalue weighted by Crippen LogP contribution is -2.48. The number of carbonyl (C=O) groups excluding carboxylic acids is 1. The molecule has 0 heterocycles. The molecule has 20 heavy (non-hydrogen) atoms. The minimum atomic E-state index is -0.675. The van der Waals surface area contributed by atoms with E-state index in [4.69, 9.17) is 5.73 Å². The van der Waals surface area contributed by atoms with Crippen LogP contribution >= 0.6 is 0 Å². The van der Waals surface area contributed by atoms with Crippen molar-refractivity contribution in [2.45, 2.75) is 39.0 Å². The van der Waals surface area contributed by atoms with Crippen molar-refractivity contribution in [3.8, 4) is 6.07 Å². The molecule has 4 fully saturated rings. The van der Waals surface area contributed by atoms with E-state index in [0.29, 0.717) is 23.5 Å². The van der Waals surface area contributed by atoms with Crippen molar-refractivity contribution in [3.63, 3.8) is 0 Å². The van der Waals surface area contributed by atoms with E-state index >= 15 is 0 Å². The number of amides is 2. The van der Waals surface area contributed by atoms with Gasteiger partial charge in [-0.2, -0.15) is 10.4 Å². The molecule has 108 valence electrons. The SMILES string of the molecule is C/C(=N\NC(N)=O)C(C#N)C1C2CC3CC(C2)CC1C3. The molecule has 0 aromatic heterocycles. The number of nitrogens with zero attached hydrogens (tertiary/aromatic N) is 2. The molecular weight excluding hydrogens is 252 g/mol. The third-order valence-corrected chi connectivity index (χ3v) is 5.62. The second-order valence-electron chi connectivity index (χ2n) is 6.84. The summed E-state index contributed by atoms with van der Waals surface area (Å²) in [5, 5.41) is 13.6. The maximum Gasteiger partial charge on any atom is 0.332 e. The molecule has 4 bridgehead atoms. The van der Waals surface area contributed by atoms with Crippen LogP contribution in [0.2, 0.25) is 0 Å². The number of primary amides is 1. The van der Waals surface area contributed by atoms with Gasteiger partial charge in [0.1, 0.15) is 0 Å². The van der Waals surface area contributed by atoms with Gasteiger partial charge in [-0.05, 0) is 68.6 Å². The van der Waals surface area contributed by atoms with Crippen molar-refractivity contribution >= 4 is 11.7 Å². The fraction of sp³-hybridized carbons (Fsp3) is 0.800. The monoisotopic (exact) mass is 274 g/mol. The zero-order valence-electron chi connectivity index (χ0n) is 11.9. The van der Waals surface area contributed by atoms with Gasteiger partial charge in [0.15, 0.2) is 0 Å². The molecule has 0 saturated heterocycles. The Kier molecular flexibility index (Phi) is 3.41. The predicted molar refractivity (Wildman–Crippen MR) is 75.5 cm³/mol. The Bertz CT molecular complexity index is 451. The number of hydrogen-bond donors (Lipinski definition) is 2. The van der Waals surface area contributed by atoms with Crippen molar-refractivity contribution in [2.75, 3.05) is 0 Å². The van der Waals surface area contributed by atoms with Gasteiger partial charge < -0.3 is 5.73 Å². The molecule has 4 aliphatic rings. The number of hydrogen-bond acceptors (Lipinski definition) is 3. The van der Waals surface area contributed by atoms with Gasteiger partial charge in [0.25, 0.3) is 0 Å². The first-order valence-corrected chi connectivity index (χ1v) is 7.57. The predicted octanol–water partition coefficient (Wildman–Crippen LogP) is 2.24. The first kappa shape index (κ1) is 13.4. The molecule has 5 nitrogen and oxygen atoms in total. The summed E-state index contributed by atoms with van der Waals surface area (Å²) >= 11 is 0. The molecule has 4 rings (SSSR count). The Morgan fingerprint density at radius 2 is 1.80 bits per heavy atom. The van der Waals surface area contributed by atoms with Crippen LogP contribution < -0.4 is 11.2 Å². The highest BCUT2D eigenvalue weighted by atomic mass is 16.2. The molecular formula is C15H22N4O. The summed E-state index contributed by atoms with van der Waals surface area (Å²) < 4.78 is 0. The van der Waals surface area contributed by atoms with Crippen LogP contribution in [-0.4, -0.2) is 11.7 Å². The van der Waals surface area contributed by atoms with E-state index in [1.165, 1.54) is 32.1 Å². The van der Waals surface area contributed by atoms with Crippen molar-refractivity contribution < 1.29 is 4.79 Å². The van der Waals surface area contributed by atoms with Crippen molar-refractivity contribution in [1.82, 2.24) is 5.43 Å². The highest BCUT2D eigenvalue weighted by molar-refractivity contribution is 5.88. The van der Waals surface area contributed by atoms with E-state index in [2.05, 4.69) is 16.6 Å². The third kappa shape index (κ3) is 2.28. The number of hydrazone groups is 1. The number of urea groups is 1. The molecule has 4 saturated carbocycles. The van der Waals surface area contributed by atoms with E-state index in [0.717, 1.165) is 11.8 Å². The van der Waals surface area contributed by atoms with Gasteiger partial charge in [-0.3, -0.25) is 0 Å². The van der Waals surface area contributed by atoms with Crippen LogP contribution in [0.1, 0.15) is 39.0 Å². The minimum absolute atomic E-state index is 0.183. The maximum absolute atomic E-state index is 10.8. The Balaban J connectivity index is 1.78. The summed E-state index contributed by atoms with van der Waals surface area (Å²) in [5.74, 6) is 3.38. The van der Waals surface area contributed by atoms with Gasteiger partial charge in [-0.1, -0.05) is 0 Å². The maximum atomic E-state index is 10.8. The molecule has 1 unspecified atom stereocenters. The summed E-state index contributed by atoms with van der Waals surface area (Å²) in [4.78, 5) is 10.8. The Morgan fingerprint density at radius 1 is 1.25 bits per heavy atom. The van der Waals surface area contributed by atoms with Crippen LogP contribution in [0, 0.1) is 46.8 Å². The highest BCUT2D eigenvalue weighted by Gasteiger charge is 2.51. The number of rotatable bonds is 3. The summed E-state index contributed by atoms with van der Waals surface area (Å²) in [7, 11) is 0. The van der Waals surface area contributed by atoms with Gasteiger partial charge in [0.2, 0.25) is 0 Å². The summed E-state index contributed by atoms with van der Waals surface area (Å²) in [6.07, 6.45) is 6.55. The van der Waals surface area contributed by atoms with E-state index in [-0.39, 0.29) is 5.92 Å². The first-order chi connectivity index (χ1) is 9.58. The highest BCUT2D eigenvalue weighted by Crippen LogP contribution is 2.58. The fourth-order valence-corrected chi connectivity index (χ4v) is 5.18. The van der Waals surface area contributed by atoms with Gasteiger partial charge in [0, 0.05) is 0 Å². The number of nitrogens with one attached hydrogen (secondary N) is 1. The van der Waals surface area contributed by atoms with Crippen LogP contribution in [0.25, 0.3) is 0 Å². The summed E-state index contributed by atoms with van der Waals surface area (Å²) in [5.41, 5.74) is 7.99. The van der Waals surface area contributed by atoms with E-state index < -0.39 is 6.03 Å². The van der Waals surface area contributed by atoms with Crippen LogP contribution in [-0.2, 0) is 0 Å². The van der Waals surface area contributed by atoms with Crippen LogP contribution in [0.5, 0.6) is 0 Å². The van der Waals surface area contributed by atoms with E-state index in [1.807, 2.05) is 6.92 Å². The van der Waals surface area contributed by atoms with Crippen LogP contribution in [0.4, 0.5) is 4.79 Å². The number of nitriles is 1. The van der Waals surface area contributed by atoms with Gasteiger partial charge in [-0.15, -0.1) is 0 Å². The Morgan fingerprint density at radius 3 is 2.25 bits per heavy atom. The van der Waals surface area contributed by atoms with Gasteiger partial charge in [-0.25, -0.2) is 10.2 Å². The standard InChI is InChI=1S/C15H22N4O/c1-8(18-19-15(17)20)13(7-16)14-11-3-9-2-10(5-11)6-12(14)4-9/h9-14H,2-6H2,1H3,(H3,17,19,20)/b18-8+. The lowest BCUT2D eigenvalue weighted by molar-refractivity contribution is -0.0431. The Labute approximate surface area is 119 Å². The molecule has 0 radical (unpaired) electrons. The third-order valence-electron chi connectivity index (χ3n) is 5.62. The lowest BCUT2D eigenvalue weighted by Gasteiger charge is -2.55. The number of carbonyl (C=O) groups is 1. The zero-order valence-corrected chi connectivity index (χ0v) is 11.9. The average molecular weight is 274 g/mol. The topological polar surface area (TPSA) is 91.3 Å². The smallest absolute Gasteiger partial charge is 0.332 e. The van der Waals surface area contributed by atoms with Crippen molar-refractivity contribution in [2.24, 2.45) is 46.3 Å². The summed E-state index contributed by atoms with van der Waals surface area (Å²) in [6.45, 7) is 1.83. The first-order valence-electron chi connectivity index (χ1n) is 7.57. The van der Waals surface area contributed by atoms with Crippen LogP contribution in [0.15, 0.2) is 5.10 Å². The molecule has 1 atom stereocenters. The molecule has 0 spiro atoms. The minimum Gasteiger partial charge on any atom is -0.350 e. The number of nitrogens with two attached hydrogens (primary N) is 1. The van der Waals surface area contributed by atoms with Crippen molar-refractivity contribution in [1.29, 1.82) is 5.26 Å². The largest absolute Gasteiger partial charge is 0.350 e. The van der Waals surface area contributed by atoms with E-state index in [9.17, 15) is 10.1 Å². The Hall–Kier alpha value is -1.57.